The molecule has 1 heterocycles. The molecule has 17 heavy (non-hydrogen) atoms. The topological polar surface area (TPSA) is 38.1 Å². The predicted octanol–water partition coefficient (Wildman–Crippen LogP) is 3.23. The number of aryl methyl sites for hydroxylation is 3. The summed E-state index contributed by atoms with van der Waals surface area (Å²) in [7, 11) is 1.81. The van der Waals surface area contributed by atoms with Crippen molar-refractivity contribution in [1.29, 1.82) is 0 Å². The first kappa shape index (κ1) is 11.7. The summed E-state index contributed by atoms with van der Waals surface area (Å²) in [6, 6.07) is 7.08. The number of anilines is 1. The quantitative estimate of drug-likeness (QED) is 0.879. The third-order valence-corrected chi connectivity index (χ3v) is 2.96. The molecule has 1 aromatic carbocycles. The first-order valence-electron chi connectivity index (χ1n) is 5.80. The van der Waals surface area contributed by atoms with Crippen LogP contribution in [0.25, 0.3) is 0 Å². The molecule has 0 saturated carbocycles. The fraction of sp³-hybridized carbons (Fsp3) is 0.357. The molecule has 0 aliphatic rings. The van der Waals surface area contributed by atoms with Crippen molar-refractivity contribution in [3.63, 3.8) is 0 Å². The van der Waals surface area contributed by atoms with E-state index in [9.17, 15) is 0 Å². The minimum absolute atomic E-state index is 0.585. The minimum Gasteiger partial charge on any atom is -0.429 e. The van der Waals surface area contributed by atoms with Gasteiger partial charge in [-0.1, -0.05) is 23.8 Å². The molecule has 3 nitrogen and oxygen atoms in total. The van der Waals surface area contributed by atoms with E-state index in [0.29, 0.717) is 6.01 Å². The summed E-state index contributed by atoms with van der Waals surface area (Å²) in [4.78, 5) is 4.41. The molecule has 0 bridgehead atoms. The standard InChI is InChI=1S/C14H18N2O/c1-9-5-6-12(10(2)7-9)8-13-11(3)17-14(15-4)16-13/h5-7H,8H2,1-4H3,(H,15,16). The lowest BCUT2D eigenvalue weighted by Crippen LogP contribution is -1.95. The monoisotopic (exact) mass is 230 g/mol. The van der Waals surface area contributed by atoms with E-state index in [0.717, 1.165) is 17.9 Å². The maximum Gasteiger partial charge on any atom is 0.294 e. The Hall–Kier alpha value is -1.77. The Kier molecular flexibility index (Phi) is 3.18. The molecule has 2 aromatic rings. The van der Waals surface area contributed by atoms with Crippen molar-refractivity contribution in [1.82, 2.24) is 4.98 Å². The van der Waals surface area contributed by atoms with Crippen LogP contribution >= 0.6 is 0 Å². The molecular weight excluding hydrogens is 212 g/mol. The number of hydrogen-bond donors (Lipinski definition) is 1. The van der Waals surface area contributed by atoms with E-state index in [2.05, 4.69) is 42.3 Å². The lowest BCUT2D eigenvalue weighted by Gasteiger charge is -2.05. The molecule has 2 rings (SSSR count). The van der Waals surface area contributed by atoms with Crippen LogP contribution in [0.1, 0.15) is 28.1 Å². The van der Waals surface area contributed by atoms with Gasteiger partial charge in [-0.2, -0.15) is 4.98 Å². The van der Waals surface area contributed by atoms with Gasteiger partial charge in [-0.25, -0.2) is 0 Å². The third kappa shape index (κ3) is 2.49. The van der Waals surface area contributed by atoms with Gasteiger partial charge in [-0.3, -0.25) is 0 Å². The zero-order chi connectivity index (χ0) is 12.4. The van der Waals surface area contributed by atoms with Gasteiger partial charge < -0.3 is 9.73 Å². The molecule has 90 valence electrons. The van der Waals surface area contributed by atoms with Gasteiger partial charge >= 0.3 is 0 Å². The van der Waals surface area contributed by atoms with E-state index in [-0.39, 0.29) is 0 Å². The molecule has 0 spiro atoms. The van der Waals surface area contributed by atoms with Crippen LogP contribution in [0.4, 0.5) is 6.01 Å². The maximum absolute atomic E-state index is 5.48. The molecular formula is C14H18N2O. The highest BCUT2D eigenvalue weighted by Crippen LogP contribution is 2.19. The highest BCUT2D eigenvalue weighted by Gasteiger charge is 2.10. The fourth-order valence-electron chi connectivity index (χ4n) is 1.92. The normalized spacial score (nSPS) is 10.6. The fourth-order valence-corrected chi connectivity index (χ4v) is 1.92. The summed E-state index contributed by atoms with van der Waals surface area (Å²) in [6.07, 6.45) is 0.823. The van der Waals surface area contributed by atoms with Crippen molar-refractivity contribution >= 4 is 6.01 Å². The van der Waals surface area contributed by atoms with E-state index >= 15 is 0 Å². The van der Waals surface area contributed by atoms with E-state index in [1.54, 1.807) is 0 Å². The SMILES string of the molecule is CNc1nc(Cc2ccc(C)cc2C)c(C)o1. The van der Waals surface area contributed by atoms with Gasteiger partial charge in [-0.05, 0) is 31.9 Å². The van der Waals surface area contributed by atoms with Crippen molar-refractivity contribution in [3.8, 4) is 0 Å². The molecule has 0 aliphatic heterocycles. The number of nitrogens with one attached hydrogen (secondary N) is 1. The van der Waals surface area contributed by atoms with Gasteiger partial charge in [-0.15, -0.1) is 0 Å². The van der Waals surface area contributed by atoms with E-state index in [1.165, 1.54) is 16.7 Å². The van der Waals surface area contributed by atoms with E-state index in [1.807, 2.05) is 14.0 Å². The molecule has 0 fully saturated rings. The summed E-state index contributed by atoms with van der Waals surface area (Å²) in [5.74, 6) is 0.884. The maximum atomic E-state index is 5.48. The second-order valence-corrected chi connectivity index (χ2v) is 4.38. The van der Waals surface area contributed by atoms with Crippen molar-refractivity contribution in [2.24, 2.45) is 0 Å². The summed E-state index contributed by atoms with van der Waals surface area (Å²) < 4.78 is 5.48. The molecule has 0 saturated heterocycles. The molecule has 1 N–H and O–H groups in total. The van der Waals surface area contributed by atoms with Crippen LogP contribution < -0.4 is 5.32 Å². The van der Waals surface area contributed by atoms with Gasteiger partial charge in [0.25, 0.3) is 6.01 Å². The Morgan fingerprint density at radius 1 is 1.24 bits per heavy atom. The van der Waals surface area contributed by atoms with Crippen LogP contribution in [0.15, 0.2) is 22.6 Å². The Bertz CT molecular complexity index is 529. The second kappa shape index (κ2) is 4.62. The van der Waals surface area contributed by atoms with Crippen LogP contribution in [-0.4, -0.2) is 12.0 Å². The van der Waals surface area contributed by atoms with Gasteiger partial charge in [0.1, 0.15) is 5.76 Å². The molecule has 0 amide bonds. The van der Waals surface area contributed by atoms with Crippen molar-refractivity contribution in [3.05, 3.63) is 46.3 Å². The number of rotatable bonds is 3. The van der Waals surface area contributed by atoms with Gasteiger partial charge in [0.15, 0.2) is 0 Å². The molecule has 0 atom stereocenters. The van der Waals surface area contributed by atoms with Crippen molar-refractivity contribution < 1.29 is 4.42 Å². The van der Waals surface area contributed by atoms with Crippen molar-refractivity contribution in [2.75, 3.05) is 12.4 Å². The average Bonchev–Trinajstić information content (AvgIpc) is 2.64. The number of nitrogens with zero attached hydrogens (tertiary/aromatic N) is 1. The molecule has 0 unspecified atom stereocenters. The Labute approximate surface area is 102 Å². The van der Waals surface area contributed by atoms with Gasteiger partial charge in [0.05, 0.1) is 5.69 Å². The number of oxazole rings is 1. The minimum atomic E-state index is 0.585. The van der Waals surface area contributed by atoms with Crippen LogP contribution in [-0.2, 0) is 6.42 Å². The lowest BCUT2D eigenvalue weighted by atomic mass is 10.0. The summed E-state index contributed by atoms with van der Waals surface area (Å²) >= 11 is 0. The van der Waals surface area contributed by atoms with E-state index < -0.39 is 0 Å². The third-order valence-electron chi connectivity index (χ3n) is 2.96. The number of hydrogen-bond acceptors (Lipinski definition) is 3. The first-order valence-corrected chi connectivity index (χ1v) is 5.80. The Balaban J connectivity index is 2.27. The zero-order valence-electron chi connectivity index (χ0n) is 10.8. The van der Waals surface area contributed by atoms with Crippen LogP contribution in [0, 0.1) is 20.8 Å². The Morgan fingerprint density at radius 3 is 2.59 bits per heavy atom. The van der Waals surface area contributed by atoms with Gasteiger partial charge in [0.2, 0.25) is 0 Å². The second-order valence-electron chi connectivity index (χ2n) is 4.38. The van der Waals surface area contributed by atoms with Crippen LogP contribution in [0.5, 0.6) is 0 Å². The Morgan fingerprint density at radius 2 is 2.00 bits per heavy atom. The van der Waals surface area contributed by atoms with E-state index in [4.69, 9.17) is 4.42 Å². The smallest absolute Gasteiger partial charge is 0.294 e. The molecule has 1 aromatic heterocycles. The molecule has 0 radical (unpaired) electrons. The zero-order valence-corrected chi connectivity index (χ0v) is 10.8. The first-order chi connectivity index (χ1) is 8.10. The highest BCUT2D eigenvalue weighted by molar-refractivity contribution is 5.35. The predicted molar refractivity (Wildman–Crippen MR) is 69.5 cm³/mol. The van der Waals surface area contributed by atoms with Crippen LogP contribution in [0.3, 0.4) is 0 Å². The average molecular weight is 230 g/mol. The number of benzene rings is 1. The highest BCUT2D eigenvalue weighted by atomic mass is 16.4. The summed E-state index contributed by atoms with van der Waals surface area (Å²) in [5.41, 5.74) is 4.90. The summed E-state index contributed by atoms with van der Waals surface area (Å²) in [6.45, 7) is 6.20. The van der Waals surface area contributed by atoms with Gasteiger partial charge in [0, 0.05) is 13.5 Å². The summed E-state index contributed by atoms with van der Waals surface area (Å²) in [5, 5.41) is 2.92. The number of aromatic nitrogens is 1. The molecule has 3 heteroatoms. The van der Waals surface area contributed by atoms with Crippen molar-refractivity contribution in [2.45, 2.75) is 27.2 Å². The largest absolute Gasteiger partial charge is 0.429 e. The van der Waals surface area contributed by atoms with Crippen LogP contribution in [0.2, 0.25) is 0 Å². The molecule has 0 aliphatic carbocycles. The lowest BCUT2D eigenvalue weighted by molar-refractivity contribution is 0.541.